The molecule has 0 unspecified atom stereocenters. The van der Waals surface area contributed by atoms with Crippen molar-refractivity contribution in [3.8, 4) is 0 Å². The largest absolute Gasteiger partial charge is 0.481 e. The van der Waals surface area contributed by atoms with E-state index in [0.29, 0.717) is 23.4 Å². The Hall–Kier alpha value is -3.15. The molecule has 1 fully saturated rings. The predicted molar refractivity (Wildman–Crippen MR) is 102 cm³/mol. The van der Waals surface area contributed by atoms with Crippen molar-refractivity contribution in [2.24, 2.45) is 11.8 Å². The van der Waals surface area contributed by atoms with Gasteiger partial charge in [0.05, 0.1) is 5.92 Å². The van der Waals surface area contributed by atoms with E-state index >= 15 is 0 Å². The lowest BCUT2D eigenvalue weighted by atomic mass is 9.99. The van der Waals surface area contributed by atoms with E-state index in [1.807, 2.05) is 19.9 Å². The Morgan fingerprint density at radius 1 is 1.04 bits per heavy atom. The summed E-state index contributed by atoms with van der Waals surface area (Å²) < 4.78 is 0. The first-order valence-electron chi connectivity index (χ1n) is 8.86. The zero-order valence-corrected chi connectivity index (χ0v) is 15.3. The Labute approximate surface area is 157 Å². The Balaban J connectivity index is 1.78. The molecule has 6 heteroatoms. The number of carboxylic acids is 1. The molecule has 2 aromatic carbocycles. The van der Waals surface area contributed by atoms with Gasteiger partial charge in [0.2, 0.25) is 0 Å². The molecule has 1 aliphatic rings. The molecular weight excluding hydrogens is 344 g/mol. The van der Waals surface area contributed by atoms with Crippen LogP contribution in [-0.4, -0.2) is 40.9 Å². The zero-order valence-electron chi connectivity index (χ0n) is 15.3. The van der Waals surface area contributed by atoms with Crippen LogP contribution in [0.1, 0.15) is 33.2 Å². The summed E-state index contributed by atoms with van der Waals surface area (Å²) in [6, 6.07) is 14.0. The second-order valence-corrected chi connectivity index (χ2v) is 6.98. The molecule has 2 amide bonds. The van der Waals surface area contributed by atoms with Gasteiger partial charge in [0.1, 0.15) is 0 Å². The van der Waals surface area contributed by atoms with Gasteiger partial charge >= 0.3 is 5.97 Å². The van der Waals surface area contributed by atoms with Gasteiger partial charge < -0.3 is 15.3 Å². The molecule has 1 saturated heterocycles. The summed E-state index contributed by atoms with van der Waals surface area (Å²) in [4.78, 5) is 38.0. The van der Waals surface area contributed by atoms with Gasteiger partial charge in [-0.15, -0.1) is 0 Å². The van der Waals surface area contributed by atoms with Crippen LogP contribution >= 0.6 is 0 Å². The van der Waals surface area contributed by atoms with E-state index in [4.69, 9.17) is 0 Å². The fourth-order valence-electron chi connectivity index (χ4n) is 3.31. The maximum atomic E-state index is 12.8. The van der Waals surface area contributed by atoms with Crippen LogP contribution in [0.15, 0.2) is 48.5 Å². The topological polar surface area (TPSA) is 86.7 Å². The minimum absolute atomic E-state index is 0.0887. The zero-order chi connectivity index (χ0) is 19.6. The van der Waals surface area contributed by atoms with Crippen LogP contribution in [0.2, 0.25) is 0 Å². The van der Waals surface area contributed by atoms with Crippen molar-refractivity contribution >= 4 is 23.5 Å². The summed E-state index contributed by atoms with van der Waals surface area (Å²) in [5, 5.41) is 12.1. The first-order valence-corrected chi connectivity index (χ1v) is 8.86. The highest BCUT2D eigenvalue weighted by Gasteiger charge is 2.37. The van der Waals surface area contributed by atoms with Gasteiger partial charge in [-0.3, -0.25) is 14.4 Å². The lowest BCUT2D eigenvalue weighted by molar-refractivity contribution is -0.142. The minimum atomic E-state index is -0.877. The van der Waals surface area contributed by atoms with Crippen LogP contribution < -0.4 is 5.32 Å². The maximum Gasteiger partial charge on any atom is 0.308 e. The summed E-state index contributed by atoms with van der Waals surface area (Å²) >= 11 is 0. The SMILES string of the molecule is Cc1ccc(C(=O)N2C[C@@H](C)[C@H](C(=O)O)C2)cc1NC(=O)c1ccccc1. The molecule has 0 bridgehead atoms. The molecule has 3 rings (SSSR count). The highest BCUT2D eigenvalue weighted by Crippen LogP contribution is 2.26. The van der Waals surface area contributed by atoms with Crippen molar-refractivity contribution in [2.75, 3.05) is 18.4 Å². The van der Waals surface area contributed by atoms with Crippen molar-refractivity contribution in [1.29, 1.82) is 0 Å². The maximum absolute atomic E-state index is 12.8. The van der Waals surface area contributed by atoms with Crippen LogP contribution in [0.5, 0.6) is 0 Å². The average Bonchev–Trinajstić information content (AvgIpc) is 3.05. The van der Waals surface area contributed by atoms with Crippen LogP contribution in [0.25, 0.3) is 0 Å². The fraction of sp³-hybridized carbons (Fsp3) is 0.286. The molecule has 0 aliphatic carbocycles. The lowest BCUT2D eigenvalue weighted by Gasteiger charge is -2.17. The Morgan fingerprint density at radius 2 is 1.74 bits per heavy atom. The number of carbonyl (C=O) groups excluding carboxylic acids is 2. The van der Waals surface area contributed by atoms with E-state index in [2.05, 4.69) is 5.32 Å². The second kappa shape index (κ2) is 7.61. The summed E-state index contributed by atoms with van der Waals surface area (Å²) in [6.07, 6.45) is 0. The summed E-state index contributed by atoms with van der Waals surface area (Å²) in [6.45, 7) is 4.31. The van der Waals surface area contributed by atoms with Gasteiger partial charge in [0, 0.05) is 29.9 Å². The first kappa shape index (κ1) is 18.6. The highest BCUT2D eigenvalue weighted by molar-refractivity contribution is 6.05. The molecular formula is C21H22N2O4. The van der Waals surface area contributed by atoms with Crippen molar-refractivity contribution < 1.29 is 19.5 Å². The number of aliphatic carboxylic acids is 1. The smallest absolute Gasteiger partial charge is 0.308 e. The molecule has 0 aromatic heterocycles. The van der Waals surface area contributed by atoms with Gasteiger partial charge in [0.15, 0.2) is 0 Å². The molecule has 27 heavy (non-hydrogen) atoms. The van der Waals surface area contributed by atoms with Gasteiger partial charge in [-0.05, 0) is 42.7 Å². The number of nitrogens with one attached hydrogen (secondary N) is 1. The third kappa shape index (κ3) is 4.00. The number of nitrogens with zero attached hydrogens (tertiary/aromatic N) is 1. The van der Waals surface area contributed by atoms with Crippen LogP contribution in [0, 0.1) is 18.8 Å². The molecule has 0 radical (unpaired) electrons. The number of aryl methyl sites for hydroxylation is 1. The molecule has 6 nitrogen and oxygen atoms in total. The summed E-state index contributed by atoms with van der Waals surface area (Å²) in [7, 11) is 0. The predicted octanol–water partition coefficient (Wildman–Crippen LogP) is 3.04. The molecule has 2 N–H and O–H groups in total. The third-order valence-electron chi connectivity index (χ3n) is 4.99. The number of carboxylic acid groups (broad SMARTS) is 1. The summed E-state index contributed by atoms with van der Waals surface area (Å²) in [5.74, 6) is -1.98. The van der Waals surface area contributed by atoms with Crippen molar-refractivity contribution in [3.63, 3.8) is 0 Å². The number of carbonyl (C=O) groups is 3. The Bertz CT molecular complexity index is 879. The lowest BCUT2D eigenvalue weighted by Crippen LogP contribution is -2.30. The molecule has 0 saturated carbocycles. The van der Waals surface area contributed by atoms with Crippen molar-refractivity contribution in [2.45, 2.75) is 13.8 Å². The van der Waals surface area contributed by atoms with Gasteiger partial charge in [-0.25, -0.2) is 0 Å². The van der Waals surface area contributed by atoms with E-state index in [-0.39, 0.29) is 24.3 Å². The minimum Gasteiger partial charge on any atom is -0.481 e. The van der Waals surface area contributed by atoms with Crippen LogP contribution in [0.4, 0.5) is 5.69 Å². The number of rotatable bonds is 4. The van der Waals surface area contributed by atoms with Gasteiger partial charge in [-0.2, -0.15) is 0 Å². The normalized spacial score (nSPS) is 19.0. The Kier molecular flexibility index (Phi) is 5.26. The first-order chi connectivity index (χ1) is 12.9. The molecule has 2 aromatic rings. The van der Waals surface area contributed by atoms with E-state index in [1.165, 1.54) is 0 Å². The number of anilines is 1. The monoisotopic (exact) mass is 366 g/mol. The van der Waals surface area contributed by atoms with Crippen LogP contribution in [-0.2, 0) is 4.79 Å². The quantitative estimate of drug-likeness (QED) is 0.871. The Morgan fingerprint density at radius 3 is 2.37 bits per heavy atom. The molecule has 0 spiro atoms. The van der Waals surface area contributed by atoms with Crippen LogP contribution in [0.3, 0.4) is 0 Å². The van der Waals surface area contributed by atoms with E-state index in [9.17, 15) is 19.5 Å². The molecule has 2 atom stereocenters. The van der Waals surface area contributed by atoms with E-state index < -0.39 is 11.9 Å². The second-order valence-electron chi connectivity index (χ2n) is 6.98. The van der Waals surface area contributed by atoms with E-state index in [1.54, 1.807) is 47.4 Å². The third-order valence-corrected chi connectivity index (χ3v) is 4.99. The number of amides is 2. The molecule has 1 aliphatic heterocycles. The van der Waals surface area contributed by atoms with Gasteiger partial charge in [0.25, 0.3) is 11.8 Å². The van der Waals surface area contributed by atoms with Crippen molar-refractivity contribution in [1.82, 2.24) is 4.90 Å². The van der Waals surface area contributed by atoms with E-state index in [0.717, 1.165) is 5.56 Å². The highest BCUT2D eigenvalue weighted by atomic mass is 16.4. The van der Waals surface area contributed by atoms with Gasteiger partial charge in [-0.1, -0.05) is 31.2 Å². The molecule has 140 valence electrons. The number of hydrogen-bond acceptors (Lipinski definition) is 3. The van der Waals surface area contributed by atoms with Crippen molar-refractivity contribution in [3.05, 3.63) is 65.2 Å². The average molecular weight is 366 g/mol. The number of likely N-dealkylation sites (tertiary alicyclic amines) is 1. The fourth-order valence-corrected chi connectivity index (χ4v) is 3.31. The standard InChI is InChI=1S/C21H22N2O4/c1-13-8-9-16(20(25)23-11-14(2)17(12-23)21(26)27)10-18(13)22-19(24)15-6-4-3-5-7-15/h3-10,14,17H,11-12H2,1-2H3,(H,22,24)(H,26,27)/t14-,17-/m1/s1. The number of hydrogen-bond donors (Lipinski definition) is 2. The number of benzene rings is 2. The molecule has 1 heterocycles. The summed E-state index contributed by atoms with van der Waals surface area (Å²) in [5.41, 5.74) is 2.37.